The Labute approximate surface area is 192 Å². The van der Waals surface area contributed by atoms with Gasteiger partial charge in [0.15, 0.2) is 0 Å². The van der Waals surface area contributed by atoms with E-state index in [9.17, 15) is 24.8 Å². The van der Waals surface area contributed by atoms with Crippen molar-refractivity contribution in [2.45, 2.75) is 18.5 Å². The van der Waals surface area contributed by atoms with Crippen LogP contribution in [0.1, 0.15) is 24.2 Å². The number of non-ortho nitro benzene ring substituents is 1. The maximum absolute atomic E-state index is 13.4. The topological polar surface area (TPSA) is 123 Å². The fourth-order valence-corrected chi connectivity index (χ4v) is 5.18. The molecule has 34 heavy (non-hydrogen) atoms. The molecule has 6 rings (SSSR count). The molecule has 10 heteroatoms. The van der Waals surface area contributed by atoms with Crippen molar-refractivity contribution in [2.75, 3.05) is 11.9 Å². The molecule has 1 fully saturated rings. The molecule has 2 aliphatic heterocycles. The highest BCUT2D eigenvalue weighted by Crippen LogP contribution is 2.49. The third-order valence-corrected chi connectivity index (χ3v) is 6.63. The third-order valence-electron chi connectivity index (χ3n) is 6.63. The minimum atomic E-state index is -0.528. The molecule has 2 aliphatic rings. The lowest BCUT2D eigenvalue weighted by atomic mass is 10.1. The van der Waals surface area contributed by atoms with E-state index in [0.29, 0.717) is 30.0 Å². The first kappa shape index (κ1) is 20.0. The Morgan fingerprint density at radius 1 is 1.09 bits per heavy atom. The number of imidazole rings is 1. The van der Waals surface area contributed by atoms with Gasteiger partial charge in [-0.3, -0.25) is 14.7 Å². The molecule has 0 radical (unpaired) electrons. The molecule has 2 amide bonds. The smallest absolute Gasteiger partial charge is 0.336 e. The minimum Gasteiger partial charge on any atom is -0.493 e. The predicted octanol–water partition coefficient (Wildman–Crippen LogP) is 3.94. The van der Waals surface area contributed by atoms with Crippen molar-refractivity contribution in [1.82, 2.24) is 14.0 Å². The van der Waals surface area contributed by atoms with E-state index < -0.39 is 17.0 Å². The Morgan fingerprint density at radius 2 is 1.85 bits per heavy atom. The number of carbonyl (C=O) groups is 1. The maximum atomic E-state index is 13.4. The molecular weight excluding hydrogens is 438 g/mol. The standard InChI is InChI=1S/C24H19N5O5/c30-22-21-20-12-17(13-26(20)23(31)25-15-7-4-8-16(11-15)29(33)34)27(21)24(32)28(22)19-10-3-6-14-5-1-2-9-18(14)19/h1-11,17,20,30H,12-13H2,(H,25,31). The van der Waals surface area contributed by atoms with Crippen molar-refractivity contribution in [3.05, 3.63) is 93.0 Å². The summed E-state index contributed by atoms with van der Waals surface area (Å²) in [5.74, 6) is -0.179. The van der Waals surface area contributed by atoms with E-state index in [1.165, 1.54) is 22.8 Å². The van der Waals surface area contributed by atoms with E-state index in [2.05, 4.69) is 5.32 Å². The number of nitrogens with one attached hydrogen (secondary N) is 1. The van der Waals surface area contributed by atoms with Crippen LogP contribution in [0.2, 0.25) is 0 Å². The van der Waals surface area contributed by atoms with E-state index in [0.717, 1.165) is 10.8 Å². The van der Waals surface area contributed by atoms with Gasteiger partial charge >= 0.3 is 11.7 Å². The van der Waals surface area contributed by atoms with Crippen LogP contribution in [-0.2, 0) is 0 Å². The van der Waals surface area contributed by atoms with Gasteiger partial charge in [0.25, 0.3) is 5.69 Å². The van der Waals surface area contributed by atoms with Gasteiger partial charge in [-0.05, 0) is 23.9 Å². The number of benzene rings is 3. The average molecular weight is 457 g/mol. The molecule has 2 unspecified atom stereocenters. The van der Waals surface area contributed by atoms with Crippen LogP contribution in [0.4, 0.5) is 16.2 Å². The molecule has 4 aromatic rings. The highest BCUT2D eigenvalue weighted by molar-refractivity contribution is 5.91. The number of hydrogen-bond donors (Lipinski definition) is 2. The second-order valence-corrected chi connectivity index (χ2v) is 8.49. The molecule has 2 atom stereocenters. The molecule has 0 aliphatic carbocycles. The number of hydrogen-bond acceptors (Lipinski definition) is 5. The summed E-state index contributed by atoms with van der Waals surface area (Å²) in [6, 6.07) is 17.7. The van der Waals surface area contributed by atoms with Crippen molar-refractivity contribution in [3.8, 4) is 11.6 Å². The Bertz CT molecular complexity index is 1550. The van der Waals surface area contributed by atoms with Gasteiger partial charge in [0.1, 0.15) is 5.69 Å². The van der Waals surface area contributed by atoms with Crippen molar-refractivity contribution < 1.29 is 14.8 Å². The number of aromatic hydroxyl groups is 1. The summed E-state index contributed by atoms with van der Waals surface area (Å²) < 4.78 is 2.89. The zero-order chi connectivity index (χ0) is 23.6. The summed E-state index contributed by atoms with van der Waals surface area (Å²) in [7, 11) is 0. The Hall–Kier alpha value is -4.60. The lowest BCUT2D eigenvalue weighted by molar-refractivity contribution is -0.384. The molecule has 1 aromatic heterocycles. The number of nitro benzene ring substituents is 1. The van der Waals surface area contributed by atoms with Crippen LogP contribution in [0.3, 0.4) is 0 Å². The number of amides is 2. The molecule has 0 saturated carbocycles. The molecule has 3 heterocycles. The summed E-state index contributed by atoms with van der Waals surface area (Å²) in [5, 5.41) is 26.7. The maximum Gasteiger partial charge on any atom is 0.336 e. The van der Waals surface area contributed by atoms with Crippen LogP contribution in [0.25, 0.3) is 16.5 Å². The number of nitro groups is 1. The van der Waals surface area contributed by atoms with Gasteiger partial charge in [-0.2, -0.15) is 0 Å². The Balaban J connectivity index is 1.36. The monoisotopic (exact) mass is 457 g/mol. The molecule has 1 saturated heterocycles. The second-order valence-electron chi connectivity index (χ2n) is 8.49. The molecular formula is C24H19N5O5. The van der Waals surface area contributed by atoms with Gasteiger partial charge in [-0.15, -0.1) is 0 Å². The van der Waals surface area contributed by atoms with E-state index in [-0.39, 0.29) is 23.3 Å². The van der Waals surface area contributed by atoms with E-state index in [4.69, 9.17) is 0 Å². The number of anilines is 1. The number of carbonyl (C=O) groups excluding carboxylic acids is 1. The van der Waals surface area contributed by atoms with E-state index >= 15 is 0 Å². The van der Waals surface area contributed by atoms with Crippen LogP contribution < -0.4 is 11.0 Å². The second kappa shape index (κ2) is 7.20. The summed E-state index contributed by atoms with van der Waals surface area (Å²) in [4.78, 5) is 38.4. The first-order valence-electron chi connectivity index (χ1n) is 10.8. The van der Waals surface area contributed by atoms with Crippen LogP contribution in [0.5, 0.6) is 5.88 Å². The SMILES string of the molecule is O=C(Nc1cccc([N+](=O)[O-])c1)N1CC2CC1c1c(O)n(-c3cccc4ccccc34)c(=O)n12. The summed E-state index contributed by atoms with van der Waals surface area (Å²) in [6.45, 7) is 0.303. The number of nitrogens with zero attached hydrogens (tertiary/aromatic N) is 4. The first-order chi connectivity index (χ1) is 16.4. The van der Waals surface area contributed by atoms with E-state index in [1.54, 1.807) is 21.6 Å². The lowest BCUT2D eigenvalue weighted by Crippen LogP contribution is -2.40. The van der Waals surface area contributed by atoms with Gasteiger partial charge in [0.2, 0.25) is 5.88 Å². The number of urea groups is 1. The van der Waals surface area contributed by atoms with Gasteiger partial charge in [-0.1, -0.05) is 42.5 Å². The molecule has 170 valence electrons. The zero-order valence-electron chi connectivity index (χ0n) is 17.8. The predicted molar refractivity (Wildman–Crippen MR) is 124 cm³/mol. The van der Waals surface area contributed by atoms with Crippen molar-refractivity contribution in [2.24, 2.45) is 0 Å². The average Bonchev–Trinajstić information content (AvgIpc) is 3.50. The Kier molecular flexibility index (Phi) is 4.25. The fraction of sp³-hybridized carbons (Fsp3) is 0.167. The van der Waals surface area contributed by atoms with Crippen LogP contribution in [0.15, 0.2) is 71.5 Å². The Morgan fingerprint density at radius 3 is 2.68 bits per heavy atom. The molecule has 2 bridgehead atoms. The van der Waals surface area contributed by atoms with Crippen molar-refractivity contribution >= 4 is 28.2 Å². The van der Waals surface area contributed by atoms with Crippen molar-refractivity contribution in [3.63, 3.8) is 0 Å². The van der Waals surface area contributed by atoms with E-state index in [1.807, 2.05) is 36.4 Å². The molecule has 10 nitrogen and oxygen atoms in total. The highest BCUT2D eigenvalue weighted by Gasteiger charge is 2.49. The zero-order valence-corrected chi connectivity index (χ0v) is 17.8. The van der Waals surface area contributed by atoms with Crippen LogP contribution in [0, 0.1) is 10.1 Å². The van der Waals surface area contributed by atoms with Crippen LogP contribution in [-0.4, -0.2) is 36.6 Å². The quantitative estimate of drug-likeness (QED) is 0.356. The molecule has 3 aromatic carbocycles. The normalized spacial score (nSPS) is 18.3. The minimum absolute atomic E-state index is 0.126. The number of fused-ring (bicyclic) bond motifs is 6. The van der Waals surface area contributed by atoms with Gasteiger partial charge < -0.3 is 15.3 Å². The summed E-state index contributed by atoms with van der Waals surface area (Å²) >= 11 is 0. The third kappa shape index (κ3) is 2.81. The number of likely N-dealkylation sites (tertiary alicyclic amines) is 1. The van der Waals surface area contributed by atoms with Gasteiger partial charge in [0, 0.05) is 29.8 Å². The first-order valence-corrected chi connectivity index (χ1v) is 10.8. The highest BCUT2D eigenvalue weighted by atomic mass is 16.6. The van der Waals surface area contributed by atoms with Gasteiger partial charge in [-0.25, -0.2) is 14.2 Å². The van der Waals surface area contributed by atoms with Crippen LogP contribution >= 0.6 is 0 Å². The largest absolute Gasteiger partial charge is 0.493 e. The van der Waals surface area contributed by atoms with Crippen molar-refractivity contribution in [1.29, 1.82) is 0 Å². The fourth-order valence-electron chi connectivity index (χ4n) is 5.18. The summed E-state index contributed by atoms with van der Waals surface area (Å²) in [6.07, 6.45) is 0.525. The summed E-state index contributed by atoms with van der Waals surface area (Å²) in [5.41, 5.74) is 0.823. The lowest BCUT2D eigenvalue weighted by Gasteiger charge is -2.27. The number of rotatable bonds is 3. The molecule has 0 spiro atoms. The van der Waals surface area contributed by atoms with Gasteiger partial charge in [0.05, 0.1) is 22.7 Å². The number of aromatic nitrogens is 2. The molecule has 2 N–H and O–H groups in total.